The molecule has 0 bridgehead atoms. The number of fused-ring (bicyclic) bond motifs is 1. The summed E-state index contributed by atoms with van der Waals surface area (Å²) in [6, 6.07) is 12.4. The molecule has 2 aromatic rings. The van der Waals surface area contributed by atoms with Gasteiger partial charge < -0.3 is 10.2 Å². The zero-order chi connectivity index (χ0) is 11.0. The smallest absolute Gasteiger partial charge is 0.121 e. The fourth-order valence-corrected chi connectivity index (χ4v) is 2.64. The van der Waals surface area contributed by atoms with Crippen LogP contribution in [0.4, 0.5) is 0 Å². The van der Waals surface area contributed by atoms with Crippen LogP contribution in [-0.4, -0.2) is 0 Å². The lowest BCUT2D eigenvalue weighted by atomic mass is 9.92. The van der Waals surface area contributed by atoms with Gasteiger partial charge in [0.2, 0.25) is 0 Å². The van der Waals surface area contributed by atoms with Crippen molar-refractivity contribution in [3.63, 3.8) is 0 Å². The summed E-state index contributed by atoms with van der Waals surface area (Å²) in [6.45, 7) is 0. The summed E-state index contributed by atoms with van der Waals surface area (Å²) in [5, 5.41) is 0. The average molecular weight is 213 g/mol. The standard InChI is InChI=1S/C14H15NO/c15-14(13-6-3-9-16-13)12-8-7-10-4-1-2-5-11(10)12/h1-6,9,12,14H,7-8,15H2. The van der Waals surface area contributed by atoms with Gasteiger partial charge in [-0.3, -0.25) is 0 Å². The van der Waals surface area contributed by atoms with E-state index in [0.29, 0.717) is 5.92 Å². The molecule has 1 aromatic heterocycles. The minimum absolute atomic E-state index is 0.0151. The van der Waals surface area contributed by atoms with Crippen LogP contribution >= 0.6 is 0 Å². The van der Waals surface area contributed by atoms with Gasteiger partial charge in [-0.2, -0.15) is 0 Å². The predicted octanol–water partition coefficient (Wildman–Crippen LogP) is 3.01. The lowest BCUT2D eigenvalue weighted by Gasteiger charge is -2.18. The van der Waals surface area contributed by atoms with Crippen LogP contribution in [0.1, 0.15) is 35.3 Å². The Bertz CT molecular complexity index is 475. The van der Waals surface area contributed by atoms with Gasteiger partial charge in [0.25, 0.3) is 0 Å². The van der Waals surface area contributed by atoms with E-state index in [1.54, 1.807) is 6.26 Å². The van der Waals surface area contributed by atoms with Crippen LogP contribution in [0.3, 0.4) is 0 Å². The molecule has 1 aliphatic carbocycles. The van der Waals surface area contributed by atoms with E-state index < -0.39 is 0 Å². The Morgan fingerprint density at radius 3 is 2.88 bits per heavy atom. The molecule has 2 heteroatoms. The molecule has 1 aromatic carbocycles. The Hall–Kier alpha value is -1.54. The maximum atomic E-state index is 6.27. The van der Waals surface area contributed by atoms with Crippen LogP contribution in [0, 0.1) is 0 Å². The van der Waals surface area contributed by atoms with E-state index in [0.717, 1.165) is 18.6 Å². The van der Waals surface area contributed by atoms with E-state index in [1.807, 2.05) is 12.1 Å². The zero-order valence-electron chi connectivity index (χ0n) is 9.10. The SMILES string of the molecule is NC(c1ccco1)C1CCc2ccccc21. The van der Waals surface area contributed by atoms with Gasteiger partial charge >= 0.3 is 0 Å². The van der Waals surface area contributed by atoms with Gasteiger partial charge in [-0.25, -0.2) is 0 Å². The molecular formula is C14H15NO. The van der Waals surface area contributed by atoms with Crippen LogP contribution in [-0.2, 0) is 6.42 Å². The number of benzene rings is 1. The Morgan fingerprint density at radius 1 is 1.19 bits per heavy atom. The van der Waals surface area contributed by atoms with Crippen LogP contribution < -0.4 is 5.73 Å². The lowest BCUT2D eigenvalue weighted by molar-refractivity contribution is 0.422. The summed E-state index contributed by atoms with van der Waals surface area (Å²) >= 11 is 0. The molecule has 2 nitrogen and oxygen atoms in total. The van der Waals surface area contributed by atoms with Crippen molar-refractivity contribution in [2.45, 2.75) is 24.8 Å². The third kappa shape index (κ3) is 1.46. The molecule has 1 heterocycles. The van der Waals surface area contributed by atoms with Crippen molar-refractivity contribution in [2.75, 3.05) is 0 Å². The molecule has 2 unspecified atom stereocenters. The highest BCUT2D eigenvalue weighted by atomic mass is 16.3. The maximum Gasteiger partial charge on any atom is 0.121 e. The van der Waals surface area contributed by atoms with Crippen molar-refractivity contribution in [3.8, 4) is 0 Å². The molecule has 1 aliphatic rings. The Kier molecular flexibility index (Phi) is 2.29. The number of furan rings is 1. The Balaban J connectivity index is 1.93. The molecule has 0 saturated carbocycles. The van der Waals surface area contributed by atoms with E-state index in [2.05, 4.69) is 24.3 Å². The minimum Gasteiger partial charge on any atom is -0.468 e. The van der Waals surface area contributed by atoms with Crippen molar-refractivity contribution in [1.29, 1.82) is 0 Å². The normalized spacial score (nSPS) is 20.7. The van der Waals surface area contributed by atoms with Crippen molar-refractivity contribution < 1.29 is 4.42 Å². The first-order valence-electron chi connectivity index (χ1n) is 5.73. The molecular weight excluding hydrogens is 198 g/mol. The Morgan fingerprint density at radius 2 is 2.06 bits per heavy atom. The van der Waals surface area contributed by atoms with E-state index in [1.165, 1.54) is 11.1 Å². The van der Waals surface area contributed by atoms with Gasteiger partial charge in [-0.05, 0) is 36.1 Å². The highest BCUT2D eigenvalue weighted by Crippen LogP contribution is 2.40. The first kappa shape index (κ1) is 9.67. The molecule has 0 amide bonds. The molecule has 0 saturated heterocycles. The molecule has 2 N–H and O–H groups in total. The summed E-state index contributed by atoms with van der Waals surface area (Å²) in [4.78, 5) is 0. The summed E-state index contributed by atoms with van der Waals surface area (Å²) in [7, 11) is 0. The summed E-state index contributed by atoms with van der Waals surface area (Å²) in [5.74, 6) is 1.30. The highest BCUT2D eigenvalue weighted by molar-refractivity contribution is 5.36. The van der Waals surface area contributed by atoms with Crippen molar-refractivity contribution in [3.05, 3.63) is 59.5 Å². The van der Waals surface area contributed by atoms with Crippen LogP contribution in [0.25, 0.3) is 0 Å². The van der Waals surface area contributed by atoms with E-state index in [-0.39, 0.29) is 6.04 Å². The largest absolute Gasteiger partial charge is 0.468 e. The lowest BCUT2D eigenvalue weighted by Crippen LogP contribution is -2.17. The number of rotatable bonds is 2. The molecule has 0 aliphatic heterocycles. The molecule has 0 spiro atoms. The van der Waals surface area contributed by atoms with Gasteiger partial charge in [0.05, 0.1) is 12.3 Å². The molecule has 82 valence electrons. The third-order valence-corrected chi connectivity index (χ3v) is 3.48. The van der Waals surface area contributed by atoms with Gasteiger partial charge in [0.1, 0.15) is 5.76 Å². The maximum absolute atomic E-state index is 6.27. The number of aryl methyl sites for hydroxylation is 1. The van der Waals surface area contributed by atoms with E-state index in [9.17, 15) is 0 Å². The summed E-state index contributed by atoms with van der Waals surface area (Å²) in [5.41, 5.74) is 9.10. The first-order valence-corrected chi connectivity index (χ1v) is 5.73. The first-order chi connectivity index (χ1) is 7.86. The van der Waals surface area contributed by atoms with Gasteiger partial charge in [0.15, 0.2) is 0 Å². The fraction of sp³-hybridized carbons (Fsp3) is 0.286. The summed E-state index contributed by atoms with van der Waals surface area (Å²) in [6.07, 6.45) is 3.95. The van der Waals surface area contributed by atoms with E-state index >= 15 is 0 Å². The van der Waals surface area contributed by atoms with Crippen molar-refractivity contribution in [1.82, 2.24) is 0 Å². The molecule has 16 heavy (non-hydrogen) atoms. The van der Waals surface area contributed by atoms with Gasteiger partial charge in [-0.1, -0.05) is 24.3 Å². The number of hydrogen-bond donors (Lipinski definition) is 1. The monoisotopic (exact) mass is 213 g/mol. The van der Waals surface area contributed by atoms with Crippen LogP contribution in [0.5, 0.6) is 0 Å². The minimum atomic E-state index is -0.0151. The zero-order valence-corrected chi connectivity index (χ0v) is 9.10. The topological polar surface area (TPSA) is 39.2 Å². The molecule has 2 atom stereocenters. The highest BCUT2D eigenvalue weighted by Gasteiger charge is 2.29. The second-order valence-electron chi connectivity index (χ2n) is 4.39. The fourth-order valence-electron chi connectivity index (χ4n) is 2.64. The van der Waals surface area contributed by atoms with Crippen molar-refractivity contribution >= 4 is 0 Å². The Labute approximate surface area is 95.1 Å². The van der Waals surface area contributed by atoms with Crippen LogP contribution in [0.2, 0.25) is 0 Å². The quantitative estimate of drug-likeness (QED) is 0.832. The average Bonchev–Trinajstić information content (AvgIpc) is 2.98. The summed E-state index contributed by atoms with van der Waals surface area (Å²) < 4.78 is 5.40. The number of nitrogens with two attached hydrogens (primary N) is 1. The molecule has 0 fully saturated rings. The van der Waals surface area contributed by atoms with Gasteiger partial charge in [-0.15, -0.1) is 0 Å². The molecule has 3 rings (SSSR count). The van der Waals surface area contributed by atoms with Crippen LogP contribution in [0.15, 0.2) is 47.1 Å². The third-order valence-electron chi connectivity index (χ3n) is 3.48. The predicted molar refractivity (Wildman–Crippen MR) is 63.1 cm³/mol. The second kappa shape index (κ2) is 3.80. The molecule has 0 radical (unpaired) electrons. The number of hydrogen-bond acceptors (Lipinski definition) is 2. The van der Waals surface area contributed by atoms with Gasteiger partial charge in [0, 0.05) is 5.92 Å². The van der Waals surface area contributed by atoms with Crippen molar-refractivity contribution in [2.24, 2.45) is 5.73 Å². The van der Waals surface area contributed by atoms with E-state index in [4.69, 9.17) is 10.2 Å². The second-order valence-corrected chi connectivity index (χ2v) is 4.39.